The molecule has 6 nitrogen and oxygen atoms in total. The molecule has 0 saturated heterocycles. The van der Waals surface area contributed by atoms with Crippen molar-refractivity contribution in [2.75, 3.05) is 13.2 Å². The van der Waals surface area contributed by atoms with Gasteiger partial charge in [-0.1, -0.05) is 38.1 Å². The van der Waals surface area contributed by atoms with Crippen molar-refractivity contribution in [1.82, 2.24) is 0 Å². The van der Waals surface area contributed by atoms with Crippen molar-refractivity contribution in [2.45, 2.75) is 32.8 Å². The summed E-state index contributed by atoms with van der Waals surface area (Å²) in [6.45, 7) is 6.72. The number of carbonyl (C=O) groups is 1. The highest BCUT2D eigenvalue weighted by atomic mass is 16.6. The van der Waals surface area contributed by atoms with Crippen molar-refractivity contribution < 1.29 is 23.4 Å². The SMILES string of the molecule is CCOC(=O)[C@H]1Oc2c(c(=O)oc3ccccc23)[C@@H]1c1ccc(OCC(C)C)cc1. The van der Waals surface area contributed by atoms with Gasteiger partial charge in [0.1, 0.15) is 17.1 Å². The van der Waals surface area contributed by atoms with Crippen LogP contribution >= 0.6 is 0 Å². The van der Waals surface area contributed by atoms with E-state index in [2.05, 4.69) is 13.8 Å². The van der Waals surface area contributed by atoms with Crippen LogP contribution in [0, 0.1) is 5.92 Å². The van der Waals surface area contributed by atoms with Gasteiger partial charge in [-0.3, -0.25) is 0 Å². The summed E-state index contributed by atoms with van der Waals surface area (Å²) in [5.74, 6) is 0.377. The number of hydrogen-bond donors (Lipinski definition) is 0. The summed E-state index contributed by atoms with van der Waals surface area (Å²) >= 11 is 0. The van der Waals surface area contributed by atoms with Crippen LogP contribution in [-0.2, 0) is 9.53 Å². The van der Waals surface area contributed by atoms with Crippen molar-refractivity contribution in [3.63, 3.8) is 0 Å². The van der Waals surface area contributed by atoms with Gasteiger partial charge < -0.3 is 18.6 Å². The van der Waals surface area contributed by atoms with Crippen LogP contribution in [0.15, 0.2) is 57.7 Å². The summed E-state index contributed by atoms with van der Waals surface area (Å²) in [6, 6.07) is 14.5. The molecule has 0 unspecified atom stereocenters. The van der Waals surface area contributed by atoms with E-state index in [-0.39, 0.29) is 6.61 Å². The Morgan fingerprint density at radius 1 is 1.10 bits per heavy atom. The molecular formula is C24H24O6. The average molecular weight is 408 g/mol. The molecule has 156 valence electrons. The van der Waals surface area contributed by atoms with E-state index >= 15 is 0 Å². The molecule has 3 aromatic rings. The number of rotatable bonds is 6. The fourth-order valence-corrected chi connectivity index (χ4v) is 3.66. The van der Waals surface area contributed by atoms with Gasteiger partial charge in [0, 0.05) is 0 Å². The van der Waals surface area contributed by atoms with Gasteiger partial charge in [-0.15, -0.1) is 0 Å². The molecule has 2 atom stereocenters. The molecule has 0 spiro atoms. The highest BCUT2D eigenvalue weighted by molar-refractivity contribution is 5.88. The molecule has 30 heavy (non-hydrogen) atoms. The highest BCUT2D eigenvalue weighted by Gasteiger charge is 2.45. The summed E-state index contributed by atoms with van der Waals surface area (Å²) in [5, 5.41) is 0.654. The van der Waals surface area contributed by atoms with Crippen LogP contribution in [0.1, 0.15) is 37.8 Å². The Morgan fingerprint density at radius 2 is 1.83 bits per heavy atom. The van der Waals surface area contributed by atoms with Gasteiger partial charge in [0.2, 0.25) is 6.10 Å². The first-order chi connectivity index (χ1) is 14.5. The van der Waals surface area contributed by atoms with Crippen molar-refractivity contribution in [3.05, 3.63) is 70.1 Å². The van der Waals surface area contributed by atoms with E-state index in [9.17, 15) is 9.59 Å². The van der Waals surface area contributed by atoms with E-state index in [1.807, 2.05) is 36.4 Å². The lowest BCUT2D eigenvalue weighted by Gasteiger charge is -2.18. The van der Waals surface area contributed by atoms with Gasteiger partial charge in [-0.05, 0) is 42.7 Å². The first-order valence-electron chi connectivity index (χ1n) is 10.1. The van der Waals surface area contributed by atoms with Crippen LogP contribution in [0.4, 0.5) is 0 Å². The smallest absolute Gasteiger partial charge is 0.348 e. The third-order valence-corrected chi connectivity index (χ3v) is 5.00. The van der Waals surface area contributed by atoms with E-state index in [0.29, 0.717) is 34.8 Å². The van der Waals surface area contributed by atoms with Gasteiger partial charge in [0.25, 0.3) is 0 Å². The minimum atomic E-state index is -0.962. The summed E-state index contributed by atoms with van der Waals surface area (Å²) in [4.78, 5) is 25.5. The molecule has 1 aromatic heterocycles. The lowest BCUT2D eigenvalue weighted by Crippen LogP contribution is -2.32. The predicted octanol–water partition coefficient (Wildman–Crippen LogP) is 4.28. The summed E-state index contributed by atoms with van der Waals surface area (Å²) in [5.41, 5.74) is 0.997. The lowest BCUT2D eigenvalue weighted by atomic mass is 9.88. The van der Waals surface area contributed by atoms with Crippen LogP contribution < -0.4 is 15.1 Å². The third kappa shape index (κ3) is 3.65. The van der Waals surface area contributed by atoms with Crippen LogP contribution in [0.3, 0.4) is 0 Å². The molecule has 6 heteroatoms. The summed E-state index contributed by atoms with van der Waals surface area (Å²) in [6.07, 6.45) is -0.962. The van der Waals surface area contributed by atoms with Gasteiger partial charge >= 0.3 is 11.6 Å². The van der Waals surface area contributed by atoms with Crippen molar-refractivity contribution in [1.29, 1.82) is 0 Å². The minimum Gasteiger partial charge on any atom is -0.493 e. The zero-order valence-corrected chi connectivity index (χ0v) is 17.2. The van der Waals surface area contributed by atoms with Crippen molar-refractivity contribution in [3.8, 4) is 11.5 Å². The van der Waals surface area contributed by atoms with Gasteiger partial charge in [-0.25, -0.2) is 9.59 Å². The number of carbonyl (C=O) groups excluding carboxylic acids is 1. The van der Waals surface area contributed by atoms with E-state index in [1.54, 1.807) is 19.1 Å². The molecule has 0 amide bonds. The molecule has 0 radical (unpaired) electrons. The quantitative estimate of drug-likeness (QED) is 0.448. The van der Waals surface area contributed by atoms with E-state index in [0.717, 1.165) is 11.3 Å². The zero-order valence-electron chi connectivity index (χ0n) is 17.2. The number of hydrogen-bond acceptors (Lipinski definition) is 6. The predicted molar refractivity (Wildman–Crippen MR) is 112 cm³/mol. The zero-order chi connectivity index (χ0) is 21.3. The minimum absolute atomic E-state index is 0.221. The molecule has 1 aliphatic heterocycles. The maximum Gasteiger partial charge on any atom is 0.348 e. The number of para-hydroxylation sites is 1. The molecule has 0 aliphatic carbocycles. The Balaban J connectivity index is 1.79. The van der Waals surface area contributed by atoms with Crippen LogP contribution in [0.2, 0.25) is 0 Å². The molecule has 2 heterocycles. The second-order valence-electron chi connectivity index (χ2n) is 7.67. The molecule has 2 aromatic carbocycles. The number of esters is 1. The maximum atomic E-state index is 12.9. The molecule has 0 saturated carbocycles. The maximum absolute atomic E-state index is 12.9. The Hall–Kier alpha value is -3.28. The van der Waals surface area contributed by atoms with E-state index in [1.165, 1.54) is 0 Å². The Labute approximate surface area is 174 Å². The average Bonchev–Trinajstić information content (AvgIpc) is 3.14. The largest absolute Gasteiger partial charge is 0.493 e. The molecule has 0 N–H and O–H groups in total. The van der Waals surface area contributed by atoms with Gasteiger partial charge in [0.15, 0.2) is 0 Å². The molecule has 0 bridgehead atoms. The Morgan fingerprint density at radius 3 is 2.53 bits per heavy atom. The Bertz CT molecular complexity index is 1110. The number of ether oxygens (including phenoxy) is 3. The Kier molecular flexibility index (Phi) is 5.48. The van der Waals surface area contributed by atoms with E-state index in [4.69, 9.17) is 18.6 Å². The number of benzene rings is 2. The summed E-state index contributed by atoms with van der Waals surface area (Å²) < 4.78 is 22.5. The standard InChI is InChI=1S/C24H24O6/c1-4-27-24(26)22-19(15-9-11-16(12-10-15)28-13-14(2)3)20-21(30-22)17-7-5-6-8-18(17)29-23(20)25/h5-12,14,19,22H,4,13H2,1-3H3/t19-,22-/m0/s1. The first kappa shape index (κ1) is 20.0. The molecule has 1 aliphatic rings. The monoisotopic (exact) mass is 408 g/mol. The van der Waals surface area contributed by atoms with E-state index < -0.39 is 23.6 Å². The fraction of sp³-hybridized carbons (Fsp3) is 0.333. The van der Waals surface area contributed by atoms with Gasteiger partial charge in [0.05, 0.1) is 30.1 Å². The van der Waals surface area contributed by atoms with Crippen LogP contribution in [-0.4, -0.2) is 25.3 Å². The van der Waals surface area contributed by atoms with Crippen LogP contribution in [0.5, 0.6) is 11.5 Å². The fourth-order valence-electron chi connectivity index (χ4n) is 3.66. The molecular weight excluding hydrogens is 384 g/mol. The van der Waals surface area contributed by atoms with Crippen molar-refractivity contribution in [2.24, 2.45) is 5.92 Å². The molecule has 4 rings (SSSR count). The third-order valence-electron chi connectivity index (χ3n) is 5.00. The molecule has 0 fully saturated rings. The van der Waals surface area contributed by atoms with Gasteiger partial charge in [-0.2, -0.15) is 0 Å². The second kappa shape index (κ2) is 8.22. The highest BCUT2D eigenvalue weighted by Crippen LogP contribution is 2.44. The van der Waals surface area contributed by atoms with Crippen LogP contribution in [0.25, 0.3) is 11.0 Å². The lowest BCUT2D eigenvalue weighted by molar-refractivity contribution is -0.151. The van der Waals surface area contributed by atoms with Crippen molar-refractivity contribution >= 4 is 16.9 Å². The normalized spacial score (nSPS) is 17.6. The first-order valence-corrected chi connectivity index (χ1v) is 10.1. The number of fused-ring (bicyclic) bond motifs is 3. The topological polar surface area (TPSA) is 75.0 Å². The summed E-state index contributed by atoms with van der Waals surface area (Å²) in [7, 11) is 0. The second-order valence-corrected chi connectivity index (χ2v) is 7.67.